The SMILES string of the molecule is CC(N)C(C)C(=O)NCc1ccc(S(=O)(=O)N2CCCC2)cc1. The van der Waals surface area contributed by atoms with E-state index >= 15 is 0 Å². The highest BCUT2D eigenvalue weighted by molar-refractivity contribution is 7.89. The summed E-state index contributed by atoms with van der Waals surface area (Å²) in [7, 11) is -3.38. The highest BCUT2D eigenvalue weighted by Crippen LogP contribution is 2.21. The van der Waals surface area contributed by atoms with Crippen LogP contribution in [0, 0.1) is 5.92 Å². The molecule has 3 N–H and O–H groups in total. The molecule has 128 valence electrons. The van der Waals surface area contributed by atoms with Crippen molar-refractivity contribution in [3.63, 3.8) is 0 Å². The molecule has 7 heteroatoms. The Kier molecular flexibility index (Phi) is 5.78. The zero-order chi connectivity index (χ0) is 17.0. The van der Waals surface area contributed by atoms with Crippen LogP contribution in [-0.4, -0.2) is 37.8 Å². The van der Waals surface area contributed by atoms with E-state index < -0.39 is 10.0 Å². The molecule has 1 amide bonds. The lowest BCUT2D eigenvalue weighted by atomic mass is 10.0. The van der Waals surface area contributed by atoms with Gasteiger partial charge in [-0.25, -0.2) is 8.42 Å². The first-order valence-electron chi connectivity index (χ1n) is 7.95. The molecule has 2 rings (SSSR count). The molecular weight excluding hydrogens is 314 g/mol. The van der Waals surface area contributed by atoms with Crippen molar-refractivity contribution in [3.8, 4) is 0 Å². The van der Waals surface area contributed by atoms with Crippen LogP contribution in [0.15, 0.2) is 29.2 Å². The van der Waals surface area contributed by atoms with Gasteiger partial charge in [-0.3, -0.25) is 4.79 Å². The van der Waals surface area contributed by atoms with Gasteiger partial charge in [0.2, 0.25) is 15.9 Å². The Balaban J connectivity index is 1.98. The molecule has 2 unspecified atom stereocenters. The number of hydrogen-bond donors (Lipinski definition) is 2. The van der Waals surface area contributed by atoms with Gasteiger partial charge in [-0.2, -0.15) is 4.31 Å². The second-order valence-electron chi connectivity index (χ2n) is 6.12. The largest absolute Gasteiger partial charge is 0.352 e. The molecule has 0 aliphatic carbocycles. The van der Waals surface area contributed by atoms with Crippen molar-refractivity contribution in [2.45, 2.75) is 44.2 Å². The van der Waals surface area contributed by atoms with Crippen molar-refractivity contribution >= 4 is 15.9 Å². The van der Waals surface area contributed by atoms with E-state index in [1.807, 2.05) is 0 Å². The Labute approximate surface area is 138 Å². The predicted molar refractivity (Wildman–Crippen MR) is 89.1 cm³/mol. The molecule has 1 aliphatic heterocycles. The number of carbonyl (C=O) groups excluding carboxylic acids is 1. The smallest absolute Gasteiger partial charge is 0.243 e. The predicted octanol–water partition coefficient (Wildman–Crippen LogP) is 1.07. The quantitative estimate of drug-likeness (QED) is 0.811. The summed E-state index contributed by atoms with van der Waals surface area (Å²) in [4.78, 5) is 12.2. The van der Waals surface area contributed by atoms with Crippen molar-refractivity contribution in [2.24, 2.45) is 11.7 Å². The van der Waals surface area contributed by atoms with Gasteiger partial charge in [0.15, 0.2) is 0 Å². The van der Waals surface area contributed by atoms with Crippen LogP contribution in [0.5, 0.6) is 0 Å². The summed E-state index contributed by atoms with van der Waals surface area (Å²) in [6.07, 6.45) is 1.84. The second-order valence-corrected chi connectivity index (χ2v) is 8.06. The van der Waals surface area contributed by atoms with E-state index in [1.54, 1.807) is 38.1 Å². The van der Waals surface area contributed by atoms with E-state index in [-0.39, 0.29) is 17.9 Å². The fraction of sp³-hybridized carbons (Fsp3) is 0.562. The lowest BCUT2D eigenvalue weighted by molar-refractivity contribution is -0.125. The normalized spacial score (nSPS) is 18.6. The molecular formula is C16H25N3O3S. The van der Waals surface area contributed by atoms with Crippen LogP contribution >= 0.6 is 0 Å². The number of nitrogens with zero attached hydrogens (tertiary/aromatic N) is 1. The van der Waals surface area contributed by atoms with Gasteiger partial charge in [0.25, 0.3) is 0 Å². The molecule has 6 nitrogen and oxygen atoms in total. The maximum absolute atomic E-state index is 12.4. The fourth-order valence-electron chi connectivity index (χ4n) is 2.45. The third kappa shape index (κ3) is 4.31. The number of nitrogens with two attached hydrogens (primary N) is 1. The van der Waals surface area contributed by atoms with Crippen molar-refractivity contribution in [1.29, 1.82) is 0 Å². The zero-order valence-corrected chi connectivity index (χ0v) is 14.5. The number of hydrogen-bond acceptors (Lipinski definition) is 4. The summed E-state index contributed by atoms with van der Waals surface area (Å²) in [5, 5.41) is 2.81. The zero-order valence-electron chi connectivity index (χ0n) is 13.7. The van der Waals surface area contributed by atoms with Gasteiger partial charge in [-0.05, 0) is 37.5 Å². The van der Waals surface area contributed by atoms with Crippen LogP contribution in [0.3, 0.4) is 0 Å². The summed E-state index contributed by atoms with van der Waals surface area (Å²) < 4.78 is 26.4. The molecule has 1 aromatic carbocycles. The average molecular weight is 339 g/mol. The van der Waals surface area contributed by atoms with Gasteiger partial charge >= 0.3 is 0 Å². The van der Waals surface area contributed by atoms with Crippen molar-refractivity contribution in [3.05, 3.63) is 29.8 Å². The Bertz CT molecular complexity index is 635. The van der Waals surface area contributed by atoms with E-state index in [4.69, 9.17) is 5.73 Å². The molecule has 1 fully saturated rings. The fourth-order valence-corrected chi connectivity index (χ4v) is 3.96. The summed E-state index contributed by atoms with van der Waals surface area (Å²) >= 11 is 0. The first kappa shape index (κ1) is 17.9. The summed E-state index contributed by atoms with van der Waals surface area (Å²) in [5.41, 5.74) is 6.56. The lowest BCUT2D eigenvalue weighted by Crippen LogP contribution is -2.38. The molecule has 1 aromatic rings. The number of carbonyl (C=O) groups is 1. The standard InChI is InChI=1S/C16H25N3O3S/c1-12(13(2)17)16(20)18-11-14-5-7-15(8-6-14)23(21,22)19-9-3-4-10-19/h5-8,12-13H,3-4,9-11,17H2,1-2H3,(H,18,20). The van der Waals surface area contributed by atoms with Crippen LogP contribution in [0.4, 0.5) is 0 Å². The van der Waals surface area contributed by atoms with Crippen LogP contribution in [0.2, 0.25) is 0 Å². The number of amides is 1. The number of sulfonamides is 1. The van der Waals surface area contributed by atoms with Gasteiger partial charge in [-0.15, -0.1) is 0 Å². The first-order chi connectivity index (χ1) is 10.8. The molecule has 2 atom stereocenters. The average Bonchev–Trinajstić information content (AvgIpc) is 3.07. The molecule has 0 saturated carbocycles. The lowest BCUT2D eigenvalue weighted by Gasteiger charge is -2.16. The Morgan fingerprint density at radius 1 is 1.22 bits per heavy atom. The molecule has 1 saturated heterocycles. The Morgan fingerprint density at radius 3 is 2.30 bits per heavy atom. The highest BCUT2D eigenvalue weighted by atomic mass is 32.2. The van der Waals surface area contributed by atoms with E-state index in [0.29, 0.717) is 24.5 Å². The molecule has 0 aromatic heterocycles. The minimum Gasteiger partial charge on any atom is -0.352 e. The van der Waals surface area contributed by atoms with Crippen molar-refractivity contribution in [2.75, 3.05) is 13.1 Å². The van der Waals surface area contributed by atoms with Gasteiger partial charge in [0.1, 0.15) is 0 Å². The molecule has 0 spiro atoms. The monoisotopic (exact) mass is 339 g/mol. The van der Waals surface area contributed by atoms with Gasteiger partial charge < -0.3 is 11.1 Å². The van der Waals surface area contributed by atoms with Crippen molar-refractivity contribution in [1.82, 2.24) is 9.62 Å². The second kappa shape index (κ2) is 7.42. The summed E-state index contributed by atoms with van der Waals surface area (Å²) in [5.74, 6) is -0.362. The van der Waals surface area contributed by atoms with Crippen LogP contribution in [0.25, 0.3) is 0 Å². The minimum absolute atomic E-state index is 0.103. The summed E-state index contributed by atoms with van der Waals surface area (Å²) in [6.45, 7) is 5.12. The van der Waals surface area contributed by atoms with Crippen molar-refractivity contribution < 1.29 is 13.2 Å². The van der Waals surface area contributed by atoms with Crippen LogP contribution in [-0.2, 0) is 21.4 Å². The van der Waals surface area contributed by atoms with Gasteiger partial charge in [-0.1, -0.05) is 19.1 Å². The number of rotatable bonds is 6. The first-order valence-corrected chi connectivity index (χ1v) is 9.39. The Morgan fingerprint density at radius 2 is 1.78 bits per heavy atom. The molecule has 1 aliphatic rings. The van der Waals surface area contributed by atoms with Crippen LogP contribution < -0.4 is 11.1 Å². The molecule has 23 heavy (non-hydrogen) atoms. The van der Waals surface area contributed by atoms with E-state index in [1.165, 1.54) is 4.31 Å². The van der Waals surface area contributed by atoms with E-state index in [2.05, 4.69) is 5.32 Å². The third-order valence-electron chi connectivity index (χ3n) is 4.30. The maximum atomic E-state index is 12.4. The van der Waals surface area contributed by atoms with Gasteiger partial charge in [0.05, 0.1) is 4.90 Å². The van der Waals surface area contributed by atoms with Crippen LogP contribution in [0.1, 0.15) is 32.3 Å². The molecule has 1 heterocycles. The molecule has 0 bridgehead atoms. The highest BCUT2D eigenvalue weighted by Gasteiger charge is 2.26. The van der Waals surface area contributed by atoms with E-state index in [0.717, 1.165) is 18.4 Å². The molecule has 0 radical (unpaired) electrons. The third-order valence-corrected chi connectivity index (χ3v) is 6.21. The van der Waals surface area contributed by atoms with Gasteiger partial charge in [0, 0.05) is 31.6 Å². The topological polar surface area (TPSA) is 92.5 Å². The number of benzene rings is 1. The Hall–Kier alpha value is -1.44. The number of nitrogens with one attached hydrogen (secondary N) is 1. The van der Waals surface area contributed by atoms with E-state index in [9.17, 15) is 13.2 Å². The summed E-state index contributed by atoms with van der Waals surface area (Å²) in [6, 6.07) is 6.47. The maximum Gasteiger partial charge on any atom is 0.243 e. The minimum atomic E-state index is -3.38.